The number of nitrogens with zero attached hydrogens (tertiary/aromatic N) is 2. The first-order chi connectivity index (χ1) is 8.22. The zero-order valence-electron chi connectivity index (χ0n) is 11.0. The van der Waals surface area contributed by atoms with E-state index in [1.54, 1.807) is 18.4 Å². The Balaban J connectivity index is 2.63. The molecule has 0 aliphatic heterocycles. The number of rotatable bonds is 8. The molecule has 1 rings (SSSR count). The molecule has 1 heterocycles. The van der Waals surface area contributed by atoms with Gasteiger partial charge in [-0.05, 0) is 12.8 Å². The molecule has 98 valence electrons. The second-order valence-electron chi connectivity index (χ2n) is 4.09. The Morgan fingerprint density at radius 2 is 2.24 bits per heavy atom. The monoisotopic (exact) mass is 257 g/mol. The van der Waals surface area contributed by atoms with Crippen LogP contribution in [0.25, 0.3) is 0 Å². The summed E-state index contributed by atoms with van der Waals surface area (Å²) in [6.45, 7) is 4.53. The summed E-state index contributed by atoms with van der Waals surface area (Å²) in [5, 5.41) is 1.07. The average Bonchev–Trinajstić information content (AvgIpc) is 2.73. The molecular formula is C12H23N3OS. The molecule has 4 nitrogen and oxygen atoms in total. The third-order valence-electron chi connectivity index (χ3n) is 2.61. The zero-order chi connectivity index (χ0) is 12.7. The van der Waals surface area contributed by atoms with Gasteiger partial charge in [-0.2, -0.15) is 0 Å². The second kappa shape index (κ2) is 7.63. The summed E-state index contributed by atoms with van der Waals surface area (Å²) in [7, 11) is 3.81. The lowest BCUT2D eigenvalue weighted by molar-refractivity contribution is 0.196. The molecule has 0 aromatic carbocycles. The van der Waals surface area contributed by atoms with Gasteiger partial charge in [0.25, 0.3) is 0 Å². The van der Waals surface area contributed by atoms with Crippen molar-refractivity contribution >= 4 is 16.5 Å². The fraction of sp³-hybridized carbons (Fsp3) is 0.750. The highest BCUT2D eigenvalue weighted by Gasteiger charge is 2.12. The predicted octanol–water partition coefficient (Wildman–Crippen LogP) is 2.03. The maximum Gasteiger partial charge on any atom is 0.185 e. The minimum Gasteiger partial charge on any atom is -0.385 e. The molecule has 17 heavy (non-hydrogen) atoms. The fourth-order valence-corrected chi connectivity index (χ4v) is 2.64. The van der Waals surface area contributed by atoms with Gasteiger partial charge in [0.1, 0.15) is 0 Å². The van der Waals surface area contributed by atoms with Crippen LogP contribution in [0, 0.1) is 0 Å². The molecule has 1 aromatic heterocycles. The zero-order valence-corrected chi connectivity index (χ0v) is 11.8. The number of methoxy groups -OCH3 is 1. The lowest BCUT2D eigenvalue weighted by Crippen LogP contribution is -2.19. The molecule has 0 aliphatic carbocycles. The first-order valence-corrected chi connectivity index (χ1v) is 6.93. The molecule has 0 atom stereocenters. The van der Waals surface area contributed by atoms with E-state index in [0.717, 1.165) is 37.5 Å². The Kier molecular flexibility index (Phi) is 6.47. The molecule has 0 unspecified atom stereocenters. The van der Waals surface area contributed by atoms with E-state index >= 15 is 0 Å². The summed E-state index contributed by atoms with van der Waals surface area (Å²) in [5.74, 6) is 0. The molecule has 0 fully saturated rings. The van der Waals surface area contributed by atoms with E-state index in [1.807, 2.05) is 0 Å². The van der Waals surface area contributed by atoms with Gasteiger partial charge in [-0.3, -0.25) is 0 Å². The van der Waals surface area contributed by atoms with Gasteiger partial charge in [-0.1, -0.05) is 13.3 Å². The van der Waals surface area contributed by atoms with Gasteiger partial charge in [0.05, 0.1) is 5.69 Å². The van der Waals surface area contributed by atoms with Crippen LogP contribution >= 0.6 is 11.3 Å². The molecule has 0 amide bonds. The van der Waals surface area contributed by atoms with Crippen molar-refractivity contribution in [2.45, 2.75) is 32.7 Å². The summed E-state index contributed by atoms with van der Waals surface area (Å²) in [5.41, 5.74) is 6.92. The van der Waals surface area contributed by atoms with E-state index in [-0.39, 0.29) is 0 Å². The Bertz CT molecular complexity index is 328. The van der Waals surface area contributed by atoms with Gasteiger partial charge in [0, 0.05) is 38.7 Å². The standard InChI is InChI=1S/C12H23N3OS/c1-4-6-10-11(9-13)17-12(14-10)15(2)7-5-8-16-3/h4-9,13H2,1-3H3. The third-order valence-corrected chi connectivity index (χ3v) is 3.84. The molecule has 0 saturated heterocycles. The summed E-state index contributed by atoms with van der Waals surface area (Å²) in [6.07, 6.45) is 3.16. The Morgan fingerprint density at radius 3 is 2.82 bits per heavy atom. The molecule has 0 spiro atoms. The third kappa shape index (κ3) is 4.26. The minimum absolute atomic E-state index is 0.596. The van der Waals surface area contributed by atoms with Crippen LogP contribution < -0.4 is 10.6 Å². The molecule has 2 N–H and O–H groups in total. The Hall–Kier alpha value is -0.650. The number of hydrogen-bond donors (Lipinski definition) is 1. The predicted molar refractivity (Wildman–Crippen MR) is 73.8 cm³/mol. The van der Waals surface area contributed by atoms with Crippen molar-refractivity contribution in [1.82, 2.24) is 4.98 Å². The maximum atomic E-state index is 5.75. The summed E-state index contributed by atoms with van der Waals surface area (Å²) in [4.78, 5) is 8.08. The van der Waals surface area contributed by atoms with Gasteiger partial charge in [-0.25, -0.2) is 4.98 Å². The van der Waals surface area contributed by atoms with Crippen LogP contribution in [0.1, 0.15) is 30.3 Å². The maximum absolute atomic E-state index is 5.75. The number of aryl methyl sites for hydroxylation is 1. The average molecular weight is 257 g/mol. The molecule has 1 aromatic rings. The number of anilines is 1. The van der Waals surface area contributed by atoms with E-state index < -0.39 is 0 Å². The van der Waals surface area contributed by atoms with Crippen molar-refractivity contribution in [3.63, 3.8) is 0 Å². The van der Waals surface area contributed by atoms with Crippen molar-refractivity contribution in [1.29, 1.82) is 0 Å². The molecule has 5 heteroatoms. The normalized spacial score (nSPS) is 10.8. The van der Waals surface area contributed by atoms with Crippen LogP contribution in [0.3, 0.4) is 0 Å². The van der Waals surface area contributed by atoms with Crippen LogP contribution in [-0.2, 0) is 17.7 Å². The molecule has 0 aliphatic rings. The number of aromatic nitrogens is 1. The fourth-order valence-electron chi connectivity index (χ4n) is 1.67. The van der Waals surface area contributed by atoms with Crippen LogP contribution in [0.5, 0.6) is 0 Å². The first-order valence-electron chi connectivity index (χ1n) is 6.11. The van der Waals surface area contributed by atoms with Crippen molar-refractivity contribution in [3.8, 4) is 0 Å². The number of thiazole rings is 1. The smallest absolute Gasteiger partial charge is 0.185 e. The number of hydrogen-bond acceptors (Lipinski definition) is 5. The quantitative estimate of drug-likeness (QED) is 0.724. The minimum atomic E-state index is 0.596. The first kappa shape index (κ1) is 14.4. The summed E-state index contributed by atoms with van der Waals surface area (Å²) >= 11 is 1.71. The number of nitrogens with two attached hydrogens (primary N) is 1. The lowest BCUT2D eigenvalue weighted by atomic mass is 10.2. The van der Waals surface area contributed by atoms with Crippen molar-refractivity contribution in [2.24, 2.45) is 5.73 Å². The SMILES string of the molecule is CCCc1nc(N(C)CCCOC)sc1CN. The molecule has 0 bridgehead atoms. The van der Waals surface area contributed by atoms with Crippen molar-refractivity contribution in [3.05, 3.63) is 10.6 Å². The Labute approximate surface area is 108 Å². The largest absolute Gasteiger partial charge is 0.385 e. The molecule has 0 saturated carbocycles. The molecule has 0 radical (unpaired) electrons. The Morgan fingerprint density at radius 1 is 1.47 bits per heavy atom. The number of ether oxygens (including phenoxy) is 1. The van der Waals surface area contributed by atoms with E-state index in [2.05, 4.69) is 23.9 Å². The topological polar surface area (TPSA) is 51.4 Å². The van der Waals surface area contributed by atoms with E-state index in [0.29, 0.717) is 6.54 Å². The van der Waals surface area contributed by atoms with Gasteiger partial charge in [0.15, 0.2) is 5.13 Å². The van der Waals surface area contributed by atoms with Gasteiger partial charge >= 0.3 is 0 Å². The van der Waals surface area contributed by atoms with E-state index in [9.17, 15) is 0 Å². The summed E-state index contributed by atoms with van der Waals surface area (Å²) in [6, 6.07) is 0. The van der Waals surface area contributed by atoms with Gasteiger partial charge < -0.3 is 15.4 Å². The van der Waals surface area contributed by atoms with Crippen LogP contribution in [0.4, 0.5) is 5.13 Å². The van der Waals surface area contributed by atoms with Crippen LogP contribution in [-0.4, -0.2) is 32.3 Å². The van der Waals surface area contributed by atoms with Crippen LogP contribution in [0.15, 0.2) is 0 Å². The van der Waals surface area contributed by atoms with Crippen molar-refractivity contribution < 1.29 is 4.74 Å². The van der Waals surface area contributed by atoms with Crippen molar-refractivity contribution in [2.75, 3.05) is 32.2 Å². The van der Waals surface area contributed by atoms with Gasteiger partial charge in [-0.15, -0.1) is 11.3 Å². The van der Waals surface area contributed by atoms with E-state index in [1.165, 1.54) is 10.6 Å². The second-order valence-corrected chi connectivity index (χ2v) is 5.15. The molecular weight excluding hydrogens is 234 g/mol. The highest BCUT2D eigenvalue weighted by Crippen LogP contribution is 2.26. The van der Waals surface area contributed by atoms with E-state index in [4.69, 9.17) is 10.5 Å². The highest BCUT2D eigenvalue weighted by molar-refractivity contribution is 7.15. The summed E-state index contributed by atoms with van der Waals surface area (Å²) < 4.78 is 5.05. The van der Waals surface area contributed by atoms with Gasteiger partial charge in [0.2, 0.25) is 0 Å². The van der Waals surface area contributed by atoms with Crippen LogP contribution in [0.2, 0.25) is 0 Å². The lowest BCUT2D eigenvalue weighted by Gasteiger charge is -2.14. The highest BCUT2D eigenvalue weighted by atomic mass is 32.1.